The third-order valence-electron chi connectivity index (χ3n) is 6.62. The van der Waals surface area contributed by atoms with Gasteiger partial charge in [0.05, 0.1) is 7.11 Å². The van der Waals surface area contributed by atoms with Crippen molar-refractivity contribution in [1.29, 1.82) is 0 Å². The van der Waals surface area contributed by atoms with Crippen LogP contribution in [0.15, 0.2) is 48.5 Å². The molecule has 170 valence electrons. The molecule has 0 radical (unpaired) electrons. The summed E-state index contributed by atoms with van der Waals surface area (Å²) in [5.74, 6) is 0.990. The predicted molar refractivity (Wildman–Crippen MR) is 126 cm³/mol. The van der Waals surface area contributed by atoms with Gasteiger partial charge in [0.1, 0.15) is 5.75 Å². The SMILES string of the molecule is COc1ccc(NC(=O)C2CCN(C3CCN(C(=O)c4ccc(Cl)cc4)CC3)CC2)cc1. The number of piperidine rings is 2. The molecule has 4 rings (SSSR count). The summed E-state index contributed by atoms with van der Waals surface area (Å²) >= 11 is 5.93. The molecule has 0 unspecified atom stereocenters. The summed E-state index contributed by atoms with van der Waals surface area (Å²) in [5, 5.41) is 3.67. The number of rotatable bonds is 5. The highest BCUT2D eigenvalue weighted by Gasteiger charge is 2.31. The minimum absolute atomic E-state index is 0.0416. The Hall–Kier alpha value is -2.57. The van der Waals surface area contributed by atoms with Crippen LogP contribution in [-0.4, -0.2) is 60.9 Å². The van der Waals surface area contributed by atoms with Crippen molar-refractivity contribution in [3.63, 3.8) is 0 Å². The summed E-state index contributed by atoms with van der Waals surface area (Å²) < 4.78 is 5.16. The lowest BCUT2D eigenvalue weighted by molar-refractivity contribution is -0.121. The van der Waals surface area contributed by atoms with E-state index < -0.39 is 0 Å². The number of likely N-dealkylation sites (tertiary alicyclic amines) is 2. The molecule has 2 aromatic rings. The van der Waals surface area contributed by atoms with Crippen LogP contribution < -0.4 is 10.1 Å². The van der Waals surface area contributed by atoms with Gasteiger partial charge in [0.2, 0.25) is 5.91 Å². The van der Waals surface area contributed by atoms with E-state index in [1.54, 1.807) is 31.4 Å². The first kappa shape index (κ1) is 22.6. The van der Waals surface area contributed by atoms with Gasteiger partial charge in [-0.05, 0) is 87.3 Å². The summed E-state index contributed by atoms with van der Waals surface area (Å²) in [4.78, 5) is 29.8. The van der Waals surface area contributed by atoms with Crippen LogP contribution in [-0.2, 0) is 4.79 Å². The normalized spacial score (nSPS) is 18.4. The minimum Gasteiger partial charge on any atom is -0.497 e. The molecule has 2 aromatic carbocycles. The molecule has 0 bridgehead atoms. The van der Waals surface area contributed by atoms with Crippen molar-refractivity contribution in [2.75, 3.05) is 38.6 Å². The maximum Gasteiger partial charge on any atom is 0.253 e. The average Bonchev–Trinajstić information content (AvgIpc) is 2.85. The molecule has 2 aliphatic heterocycles. The molecule has 0 spiro atoms. The first-order valence-corrected chi connectivity index (χ1v) is 11.6. The van der Waals surface area contributed by atoms with Crippen LogP contribution in [0.25, 0.3) is 0 Å². The summed E-state index contributed by atoms with van der Waals surface area (Å²) in [5.41, 5.74) is 1.49. The van der Waals surface area contributed by atoms with E-state index in [0.29, 0.717) is 16.6 Å². The number of ether oxygens (including phenoxy) is 1. The third kappa shape index (κ3) is 5.43. The molecular weight excluding hydrogens is 426 g/mol. The molecule has 0 atom stereocenters. The van der Waals surface area contributed by atoms with Gasteiger partial charge in [-0.2, -0.15) is 0 Å². The van der Waals surface area contributed by atoms with Crippen molar-refractivity contribution in [3.05, 3.63) is 59.1 Å². The number of carbonyl (C=O) groups excluding carboxylic acids is 2. The third-order valence-corrected chi connectivity index (χ3v) is 6.87. The number of nitrogens with one attached hydrogen (secondary N) is 1. The lowest BCUT2D eigenvalue weighted by Gasteiger charge is -2.41. The van der Waals surface area contributed by atoms with Crippen molar-refractivity contribution < 1.29 is 14.3 Å². The summed E-state index contributed by atoms with van der Waals surface area (Å²) in [6, 6.07) is 15.0. The molecular formula is C25H30ClN3O3. The Morgan fingerprint density at radius 1 is 0.906 bits per heavy atom. The van der Waals surface area contributed by atoms with E-state index in [-0.39, 0.29) is 17.7 Å². The summed E-state index contributed by atoms with van der Waals surface area (Å²) in [6.45, 7) is 3.39. The number of amides is 2. The molecule has 6 nitrogen and oxygen atoms in total. The second kappa shape index (κ2) is 10.4. The number of hydrogen-bond acceptors (Lipinski definition) is 4. The van der Waals surface area contributed by atoms with Gasteiger partial charge in [-0.3, -0.25) is 9.59 Å². The van der Waals surface area contributed by atoms with Gasteiger partial charge < -0.3 is 19.9 Å². The molecule has 0 aliphatic carbocycles. The number of carbonyl (C=O) groups is 2. The van der Waals surface area contributed by atoms with Gasteiger partial charge in [0, 0.05) is 41.3 Å². The fourth-order valence-electron chi connectivity index (χ4n) is 4.65. The van der Waals surface area contributed by atoms with E-state index >= 15 is 0 Å². The molecule has 2 fully saturated rings. The van der Waals surface area contributed by atoms with Crippen molar-refractivity contribution in [3.8, 4) is 5.75 Å². The van der Waals surface area contributed by atoms with Gasteiger partial charge in [-0.1, -0.05) is 11.6 Å². The molecule has 0 saturated carbocycles. The van der Waals surface area contributed by atoms with Crippen LogP contribution in [0, 0.1) is 5.92 Å². The zero-order chi connectivity index (χ0) is 22.5. The highest BCUT2D eigenvalue weighted by molar-refractivity contribution is 6.30. The predicted octanol–water partition coefficient (Wildman–Crippen LogP) is 4.30. The molecule has 2 aliphatic rings. The van der Waals surface area contributed by atoms with E-state index in [1.807, 2.05) is 29.2 Å². The Kier molecular flexibility index (Phi) is 7.33. The molecule has 1 N–H and O–H groups in total. The molecule has 2 heterocycles. The largest absolute Gasteiger partial charge is 0.497 e. The molecule has 2 amide bonds. The Labute approximate surface area is 194 Å². The Morgan fingerprint density at radius 2 is 1.53 bits per heavy atom. The monoisotopic (exact) mass is 455 g/mol. The average molecular weight is 456 g/mol. The molecule has 0 aromatic heterocycles. The maximum atomic E-state index is 12.7. The fraction of sp³-hybridized carbons (Fsp3) is 0.440. The van der Waals surface area contributed by atoms with E-state index in [1.165, 1.54) is 0 Å². The Balaban J connectivity index is 1.22. The van der Waals surface area contributed by atoms with Crippen LogP contribution in [0.3, 0.4) is 0 Å². The Morgan fingerprint density at radius 3 is 2.12 bits per heavy atom. The number of methoxy groups -OCH3 is 1. The van der Waals surface area contributed by atoms with Gasteiger partial charge in [0.15, 0.2) is 0 Å². The molecule has 7 heteroatoms. The number of anilines is 1. The van der Waals surface area contributed by atoms with Crippen molar-refractivity contribution in [2.45, 2.75) is 31.7 Å². The van der Waals surface area contributed by atoms with Crippen LogP contribution in [0.1, 0.15) is 36.0 Å². The number of halogens is 1. The lowest BCUT2D eigenvalue weighted by atomic mass is 9.92. The standard InChI is InChI=1S/C25H30ClN3O3/c1-32-23-8-6-21(7-9-23)27-24(30)18-10-14-28(15-11-18)22-12-16-29(17-13-22)25(31)19-2-4-20(26)5-3-19/h2-9,18,22H,10-17H2,1H3,(H,27,30). The quantitative estimate of drug-likeness (QED) is 0.730. The van der Waals surface area contributed by atoms with Gasteiger partial charge >= 0.3 is 0 Å². The van der Waals surface area contributed by atoms with E-state index in [9.17, 15) is 9.59 Å². The minimum atomic E-state index is 0.0416. The van der Waals surface area contributed by atoms with Crippen LogP contribution in [0.4, 0.5) is 5.69 Å². The van der Waals surface area contributed by atoms with E-state index in [2.05, 4.69) is 10.2 Å². The number of hydrogen-bond donors (Lipinski definition) is 1. The topological polar surface area (TPSA) is 61.9 Å². The van der Waals surface area contributed by atoms with Crippen LogP contribution in [0.5, 0.6) is 5.75 Å². The van der Waals surface area contributed by atoms with Crippen LogP contribution >= 0.6 is 11.6 Å². The summed E-state index contributed by atoms with van der Waals surface area (Å²) in [6.07, 6.45) is 3.68. The zero-order valence-corrected chi connectivity index (χ0v) is 19.2. The van der Waals surface area contributed by atoms with Gasteiger partial charge in [0.25, 0.3) is 5.91 Å². The van der Waals surface area contributed by atoms with E-state index in [0.717, 1.165) is 63.3 Å². The number of nitrogens with zero attached hydrogens (tertiary/aromatic N) is 2. The first-order chi connectivity index (χ1) is 15.5. The van der Waals surface area contributed by atoms with Gasteiger partial charge in [-0.15, -0.1) is 0 Å². The maximum absolute atomic E-state index is 12.7. The highest BCUT2D eigenvalue weighted by Crippen LogP contribution is 2.26. The smallest absolute Gasteiger partial charge is 0.253 e. The van der Waals surface area contributed by atoms with Crippen LogP contribution in [0.2, 0.25) is 5.02 Å². The molecule has 2 saturated heterocycles. The lowest BCUT2D eigenvalue weighted by Crippen LogP contribution is -2.49. The van der Waals surface area contributed by atoms with Gasteiger partial charge in [-0.25, -0.2) is 0 Å². The van der Waals surface area contributed by atoms with Crippen molar-refractivity contribution >= 4 is 29.1 Å². The second-order valence-electron chi connectivity index (χ2n) is 8.56. The van der Waals surface area contributed by atoms with Crippen molar-refractivity contribution in [2.24, 2.45) is 5.92 Å². The number of benzene rings is 2. The molecule has 32 heavy (non-hydrogen) atoms. The highest BCUT2D eigenvalue weighted by atomic mass is 35.5. The second-order valence-corrected chi connectivity index (χ2v) is 8.99. The Bertz CT molecular complexity index is 916. The zero-order valence-electron chi connectivity index (χ0n) is 18.4. The van der Waals surface area contributed by atoms with Crippen molar-refractivity contribution in [1.82, 2.24) is 9.80 Å². The summed E-state index contributed by atoms with van der Waals surface area (Å²) in [7, 11) is 1.63. The first-order valence-electron chi connectivity index (χ1n) is 11.3. The fourth-order valence-corrected chi connectivity index (χ4v) is 4.78. The van der Waals surface area contributed by atoms with E-state index in [4.69, 9.17) is 16.3 Å².